The number of nitrogens with one attached hydrogen (secondary N) is 1. The molecule has 0 spiro atoms. The van der Waals surface area contributed by atoms with Crippen molar-refractivity contribution in [3.63, 3.8) is 0 Å². The zero-order valence-corrected chi connectivity index (χ0v) is 12.8. The molecule has 6 nitrogen and oxygen atoms in total. The molecule has 0 bridgehead atoms. The van der Waals surface area contributed by atoms with Crippen LogP contribution in [0.15, 0.2) is 48.5 Å². The smallest absolute Gasteiger partial charge is 0.269 e. The predicted octanol–water partition coefficient (Wildman–Crippen LogP) is 2.91. The van der Waals surface area contributed by atoms with E-state index < -0.39 is 0 Å². The predicted molar refractivity (Wildman–Crippen MR) is 85.8 cm³/mol. The lowest BCUT2D eigenvalue weighted by Gasteiger charge is -2.31. The van der Waals surface area contributed by atoms with Crippen LogP contribution in [-0.2, 0) is 6.54 Å². The van der Waals surface area contributed by atoms with Crippen molar-refractivity contribution in [3.05, 3.63) is 64.2 Å². The summed E-state index contributed by atoms with van der Waals surface area (Å²) in [6.45, 7) is 3.02. The van der Waals surface area contributed by atoms with Gasteiger partial charge in [0.2, 0.25) is 0 Å². The van der Waals surface area contributed by atoms with Gasteiger partial charge in [-0.1, -0.05) is 24.3 Å². The summed E-state index contributed by atoms with van der Waals surface area (Å²) in [7, 11) is 0. The van der Waals surface area contributed by atoms with E-state index in [0.717, 1.165) is 17.1 Å². The maximum atomic E-state index is 10.8. The molecule has 0 aromatic heterocycles. The number of rotatable bonds is 5. The minimum Gasteiger partial charge on any atom is -0.486 e. The van der Waals surface area contributed by atoms with Gasteiger partial charge in [-0.25, -0.2) is 0 Å². The number of para-hydroxylation sites is 2. The minimum absolute atomic E-state index is 0.0441. The van der Waals surface area contributed by atoms with Crippen LogP contribution >= 0.6 is 0 Å². The zero-order chi connectivity index (χ0) is 16.2. The molecule has 2 aromatic rings. The van der Waals surface area contributed by atoms with Gasteiger partial charge in [0.15, 0.2) is 11.5 Å². The highest BCUT2D eigenvalue weighted by Gasteiger charge is 2.25. The molecule has 1 aliphatic rings. The van der Waals surface area contributed by atoms with Crippen molar-refractivity contribution < 1.29 is 14.4 Å². The van der Waals surface area contributed by atoms with Crippen molar-refractivity contribution in [2.45, 2.75) is 25.6 Å². The maximum Gasteiger partial charge on any atom is 0.269 e. The fourth-order valence-electron chi connectivity index (χ4n) is 2.47. The first-order valence-corrected chi connectivity index (χ1v) is 7.48. The first-order chi connectivity index (χ1) is 11.1. The van der Waals surface area contributed by atoms with E-state index in [2.05, 4.69) is 5.32 Å². The Morgan fingerprint density at radius 1 is 1.26 bits per heavy atom. The number of hydrogen-bond donors (Lipinski definition) is 1. The maximum absolute atomic E-state index is 10.8. The van der Waals surface area contributed by atoms with Crippen LogP contribution in [0, 0.1) is 10.1 Å². The molecular formula is C17H18N2O4. The molecule has 6 heteroatoms. The molecule has 0 aliphatic carbocycles. The summed E-state index contributed by atoms with van der Waals surface area (Å²) in [4.78, 5) is 10.4. The fraction of sp³-hybridized carbons (Fsp3) is 0.294. The molecule has 2 aromatic carbocycles. The molecule has 120 valence electrons. The van der Waals surface area contributed by atoms with E-state index >= 15 is 0 Å². The molecule has 0 unspecified atom stereocenters. The van der Waals surface area contributed by atoms with Crippen molar-refractivity contribution in [2.24, 2.45) is 0 Å². The van der Waals surface area contributed by atoms with Gasteiger partial charge >= 0.3 is 0 Å². The van der Waals surface area contributed by atoms with Crippen LogP contribution in [0.1, 0.15) is 12.5 Å². The first kappa shape index (κ1) is 15.3. The van der Waals surface area contributed by atoms with E-state index in [9.17, 15) is 10.1 Å². The Morgan fingerprint density at radius 2 is 2.04 bits per heavy atom. The van der Waals surface area contributed by atoms with E-state index in [0.29, 0.717) is 13.2 Å². The largest absolute Gasteiger partial charge is 0.486 e. The van der Waals surface area contributed by atoms with Gasteiger partial charge in [0.25, 0.3) is 5.69 Å². The third-order valence-corrected chi connectivity index (χ3v) is 3.84. The summed E-state index contributed by atoms with van der Waals surface area (Å²) in [6.07, 6.45) is -0.108. The minimum atomic E-state index is -0.387. The average molecular weight is 314 g/mol. The summed E-state index contributed by atoms with van der Waals surface area (Å²) >= 11 is 0. The number of nitro groups is 1. The van der Waals surface area contributed by atoms with Gasteiger partial charge in [0.05, 0.1) is 4.92 Å². The normalized spacial score (nSPS) is 17.5. The lowest BCUT2D eigenvalue weighted by molar-refractivity contribution is -0.384. The number of ether oxygens (including phenoxy) is 2. The van der Waals surface area contributed by atoms with Crippen molar-refractivity contribution >= 4 is 5.69 Å². The molecule has 2 atom stereocenters. The number of nitro benzene ring substituents is 1. The SMILES string of the molecule is C[C@H](NCc1cccc([N+](=O)[O-])c1)[C@H]1COc2ccccc2O1. The van der Waals surface area contributed by atoms with Gasteiger partial charge in [0, 0.05) is 24.7 Å². The number of hydrogen-bond acceptors (Lipinski definition) is 5. The Hall–Kier alpha value is -2.60. The molecule has 0 radical (unpaired) electrons. The van der Waals surface area contributed by atoms with E-state index in [4.69, 9.17) is 9.47 Å². The molecule has 0 saturated heterocycles. The second-order valence-corrected chi connectivity index (χ2v) is 5.51. The van der Waals surface area contributed by atoms with E-state index in [1.807, 2.05) is 37.3 Å². The molecule has 0 saturated carbocycles. The molecule has 1 N–H and O–H groups in total. The van der Waals surface area contributed by atoms with E-state index in [1.54, 1.807) is 12.1 Å². The fourth-order valence-corrected chi connectivity index (χ4v) is 2.47. The molecule has 1 aliphatic heterocycles. The van der Waals surface area contributed by atoms with Crippen molar-refractivity contribution in [3.8, 4) is 11.5 Å². The van der Waals surface area contributed by atoms with Crippen molar-refractivity contribution in [2.75, 3.05) is 6.61 Å². The summed E-state index contributed by atoms with van der Waals surface area (Å²) in [5, 5.41) is 14.1. The Morgan fingerprint density at radius 3 is 2.83 bits per heavy atom. The van der Waals surface area contributed by atoms with Crippen LogP contribution in [0.4, 0.5) is 5.69 Å². The third-order valence-electron chi connectivity index (χ3n) is 3.84. The Bertz CT molecular complexity index is 704. The van der Waals surface area contributed by atoms with Crippen LogP contribution in [0.2, 0.25) is 0 Å². The lowest BCUT2D eigenvalue weighted by atomic mass is 10.1. The van der Waals surface area contributed by atoms with Crippen LogP contribution in [0.3, 0.4) is 0 Å². The highest BCUT2D eigenvalue weighted by molar-refractivity contribution is 5.40. The molecule has 1 heterocycles. The molecular weight excluding hydrogens is 296 g/mol. The lowest BCUT2D eigenvalue weighted by Crippen LogP contribution is -2.45. The molecule has 0 amide bonds. The van der Waals surface area contributed by atoms with Crippen LogP contribution in [0.25, 0.3) is 0 Å². The number of non-ortho nitro benzene ring substituents is 1. The van der Waals surface area contributed by atoms with Crippen LogP contribution < -0.4 is 14.8 Å². The highest BCUT2D eigenvalue weighted by Crippen LogP contribution is 2.31. The number of nitrogens with zero attached hydrogens (tertiary/aromatic N) is 1. The monoisotopic (exact) mass is 314 g/mol. The third kappa shape index (κ3) is 3.60. The van der Waals surface area contributed by atoms with Gasteiger partial charge in [0.1, 0.15) is 12.7 Å². The van der Waals surface area contributed by atoms with Crippen molar-refractivity contribution in [1.29, 1.82) is 0 Å². The summed E-state index contributed by atoms with van der Waals surface area (Å²) in [5.41, 5.74) is 0.964. The molecule has 0 fully saturated rings. The quantitative estimate of drug-likeness (QED) is 0.678. The second kappa shape index (κ2) is 6.66. The number of benzene rings is 2. The Labute approximate surface area is 134 Å². The summed E-state index contributed by atoms with van der Waals surface area (Å²) in [6, 6.07) is 14.2. The van der Waals surface area contributed by atoms with Crippen LogP contribution in [-0.4, -0.2) is 23.7 Å². The average Bonchev–Trinajstić information content (AvgIpc) is 2.59. The first-order valence-electron chi connectivity index (χ1n) is 7.48. The second-order valence-electron chi connectivity index (χ2n) is 5.51. The van der Waals surface area contributed by atoms with Gasteiger partial charge in [-0.15, -0.1) is 0 Å². The van der Waals surface area contributed by atoms with Gasteiger partial charge in [-0.05, 0) is 24.6 Å². The Balaban J connectivity index is 1.59. The van der Waals surface area contributed by atoms with Gasteiger partial charge < -0.3 is 14.8 Å². The number of fused-ring (bicyclic) bond motifs is 1. The van der Waals surface area contributed by atoms with Gasteiger partial charge in [-0.2, -0.15) is 0 Å². The van der Waals surface area contributed by atoms with Crippen LogP contribution in [0.5, 0.6) is 11.5 Å². The summed E-state index contributed by atoms with van der Waals surface area (Å²) in [5.74, 6) is 1.50. The highest BCUT2D eigenvalue weighted by atomic mass is 16.6. The molecule has 23 heavy (non-hydrogen) atoms. The van der Waals surface area contributed by atoms with E-state index in [-0.39, 0.29) is 22.8 Å². The Kier molecular flexibility index (Phi) is 4.43. The van der Waals surface area contributed by atoms with Gasteiger partial charge in [-0.3, -0.25) is 10.1 Å². The van der Waals surface area contributed by atoms with Crippen molar-refractivity contribution in [1.82, 2.24) is 5.32 Å². The van der Waals surface area contributed by atoms with E-state index in [1.165, 1.54) is 6.07 Å². The summed E-state index contributed by atoms with van der Waals surface area (Å²) < 4.78 is 11.7. The standard InChI is InChI=1S/C17H18N2O4/c1-12(17-11-22-15-7-2-3-8-16(15)23-17)18-10-13-5-4-6-14(9-13)19(20)21/h2-9,12,17-18H,10-11H2,1H3/t12-,17+/m0/s1. The topological polar surface area (TPSA) is 73.6 Å². The molecule has 3 rings (SSSR count). The zero-order valence-electron chi connectivity index (χ0n) is 12.8.